The van der Waals surface area contributed by atoms with Crippen LogP contribution in [0.3, 0.4) is 0 Å². The molecule has 0 aliphatic heterocycles. The summed E-state index contributed by atoms with van der Waals surface area (Å²) in [6.45, 7) is 2.98. The molecule has 0 fully saturated rings. The SMILES string of the molecule is Cc1c(CNc2cccc(-c3c(-c4ccccc4)nnc4c(Cl)cccc34)c2)sc2ccccc12. The molecular formula is C30H22ClN3S. The van der Waals surface area contributed by atoms with E-state index in [0.717, 1.165) is 40.0 Å². The molecule has 0 unspecified atom stereocenters. The molecule has 0 saturated heterocycles. The molecule has 0 bridgehead atoms. The average Bonchev–Trinajstić information content (AvgIpc) is 3.23. The highest BCUT2D eigenvalue weighted by Gasteiger charge is 2.16. The zero-order valence-electron chi connectivity index (χ0n) is 19.1. The molecule has 0 aliphatic rings. The van der Waals surface area contributed by atoms with Crippen LogP contribution < -0.4 is 5.32 Å². The topological polar surface area (TPSA) is 37.8 Å². The van der Waals surface area contributed by atoms with Gasteiger partial charge in [-0.3, -0.25) is 0 Å². The number of hydrogen-bond donors (Lipinski definition) is 1. The highest BCUT2D eigenvalue weighted by molar-refractivity contribution is 7.19. The standard InChI is InChI=1S/C30H22ClN3S/c1-19-23-13-5-6-16-26(23)35-27(19)18-32-22-12-7-11-21(17-22)28-24-14-8-15-25(31)30(24)34-33-29(28)20-9-3-2-4-10-20/h2-17,32H,18H2,1H3. The predicted octanol–water partition coefficient (Wildman–Crippen LogP) is 8.75. The zero-order chi connectivity index (χ0) is 23.8. The van der Waals surface area contributed by atoms with E-state index in [1.807, 2.05) is 41.7 Å². The van der Waals surface area contributed by atoms with Crippen molar-refractivity contribution >= 4 is 49.6 Å². The first kappa shape index (κ1) is 21.8. The number of halogens is 1. The quantitative estimate of drug-likeness (QED) is 0.262. The molecule has 35 heavy (non-hydrogen) atoms. The molecule has 0 saturated carbocycles. The van der Waals surface area contributed by atoms with Crippen LogP contribution in [0.5, 0.6) is 0 Å². The van der Waals surface area contributed by atoms with Gasteiger partial charge in [0.1, 0.15) is 11.2 Å². The van der Waals surface area contributed by atoms with Crippen LogP contribution >= 0.6 is 22.9 Å². The Morgan fingerprint density at radius 2 is 1.51 bits per heavy atom. The van der Waals surface area contributed by atoms with Gasteiger partial charge in [-0.1, -0.05) is 84.4 Å². The molecule has 6 rings (SSSR count). The summed E-state index contributed by atoms with van der Waals surface area (Å²) in [7, 11) is 0. The zero-order valence-corrected chi connectivity index (χ0v) is 20.7. The van der Waals surface area contributed by atoms with Gasteiger partial charge in [0.25, 0.3) is 0 Å². The molecule has 0 atom stereocenters. The maximum atomic E-state index is 6.50. The molecule has 6 aromatic rings. The summed E-state index contributed by atoms with van der Waals surface area (Å²) in [5.41, 5.74) is 7.09. The normalized spacial score (nSPS) is 11.3. The molecule has 5 heteroatoms. The van der Waals surface area contributed by atoms with Crippen molar-refractivity contribution in [2.45, 2.75) is 13.5 Å². The lowest BCUT2D eigenvalue weighted by atomic mass is 9.95. The van der Waals surface area contributed by atoms with E-state index in [-0.39, 0.29) is 0 Å². The van der Waals surface area contributed by atoms with Gasteiger partial charge in [-0.05, 0) is 47.7 Å². The van der Waals surface area contributed by atoms with E-state index < -0.39 is 0 Å². The van der Waals surface area contributed by atoms with Crippen LogP contribution in [0, 0.1) is 6.92 Å². The van der Waals surface area contributed by atoms with E-state index in [1.54, 1.807) is 0 Å². The van der Waals surface area contributed by atoms with Gasteiger partial charge in [0.15, 0.2) is 0 Å². The third-order valence-corrected chi connectivity index (χ3v) is 7.91. The summed E-state index contributed by atoms with van der Waals surface area (Å²) in [4.78, 5) is 1.35. The molecule has 2 heterocycles. The lowest BCUT2D eigenvalue weighted by Gasteiger charge is -2.14. The third-order valence-electron chi connectivity index (χ3n) is 6.34. The van der Waals surface area contributed by atoms with E-state index in [9.17, 15) is 0 Å². The van der Waals surface area contributed by atoms with Crippen molar-refractivity contribution < 1.29 is 0 Å². The third kappa shape index (κ3) is 4.05. The van der Waals surface area contributed by atoms with Gasteiger partial charge in [-0.25, -0.2) is 0 Å². The fourth-order valence-corrected chi connectivity index (χ4v) is 5.91. The first-order chi connectivity index (χ1) is 17.2. The number of hydrogen-bond acceptors (Lipinski definition) is 4. The lowest BCUT2D eigenvalue weighted by Crippen LogP contribution is -2.00. The van der Waals surface area contributed by atoms with Crippen molar-refractivity contribution in [1.29, 1.82) is 0 Å². The Morgan fingerprint density at radius 3 is 2.37 bits per heavy atom. The number of nitrogens with one attached hydrogen (secondary N) is 1. The minimum absolute atomic E-state index is 0.602. The van der Waals surface area contributed by atoms with Crippen LogP contribution in [-0.4, -0.2) is 10.2 Å². The van der Waals surface area contributed by atoms with E-state index >= 15 is 0 Å². The predicted molar refractivity (Wildman–Crippen MR) is 149 cm³/mol. The number of fused-ring (bicyclic) bond motifs is 2. The van der Waals surface area contributed by atoms with Crippen molar-refractivity contribution in [3.05, 3.63) is 113 Å². The largest absolute Gasteiger partial charge is 0.380 e. The Labute approximate surface area is 213 Å². The number of benzene rings is 4. The van der Waals surface area contributed by atoms with E-state index in [1.165, 1.54) is 20.5 Å². The molecule has 0 radical (unpaired) electrons. The van der Waals surface area contributed by atoms with Gasteiger partial charge in [0.2, 0.25) is 0 Å². The van der Waals surface area contributed by atoms with E-state index in [2.05, 4.69) is 89.2 Å². The Kier molecular flexibility index (Phi) is 5.69. The van der Waals surface area contributed by atoms with Gasteiger partial charge >= 0.3 is 0 Å². The van der Waals surface area contributed by atoms with Crippen molar-refractivity contribution in [2.24, 2.45) is 0 Å². The van der Waals surface area contributed by atoms with Crippen LogP contribution in [0.25, 0.3) is 43.4 Å². The van der Waals surface area contributed by atoms with Crippen molar-refractivity contribution in [3.8, 4) is 22.4 Å². The number of nitrogens with zero attached hydrogens (tertiary/aromatic N) is 2. The maximum Gasteiger partial charge on any atom is 0.112 e. The number of aromatic nitrogens is 2. The highest BCUT2D eigenvalue weighted by Crippen LogP contribution is 2.38. The van der Waals surface area contributed by atoms with Gasteiger partial charge in [0.05, 0.1) is 5.02 Å². The Balaban J connectivity index is 1.42. The van der Waals surface area contributed by atoms with E-state index in [4.69, 9.17) is 11.6 Å². The minimum atomic E-state index is 0.602. The molecule has 0 aliphatic carbocycles. The van der Waals surface area contributed by atoms with Gasteiger partial charge in [0, 0.05) is 38.3 Å². The second-order valence-corrected chi connectivity index (χ2v) is 10.1. The smallest absolute Gasteiger partial charge is 0.112 e. The van der Waals surface area contributed by atoms with Crippen LogP contribution in [0.4, 0.5) is 5.69 Å². The molecular weight excluding hydrogens is 470 g/mol. The second kappa shape index (κ2) is 9.14. The Morgan fingerprint density at radius 1 is 0.771 bits per heavy atom. The van der Waals surface area contributed by atoms with Gasteiger partial charge < -0.3 is 5.32 Å². The summed E-state index contributed by atoms with van der Waals surface area (Å²) in [6, 6.07) is 33.2. The summed E-state index contributed by atoms with van der Waals surface area (Å²) < 4.78 is 1.33. The van der Waals surface area contributed by atoms with Gasteiger partial charge in [-0.15, -0.1) is 21.5 Å². The summed E-state index contributed by atoms with van der Waals surface area (Å²) >= 11 is 8.35. The van der Waals surface area contributed by atoms with Crippen LogP contribution in [-0.2, 0) is 6.54 Å². The first-order valence-corrected chi connectivity index (χ1v) is 12.7. The molecule has 3 nitrogen and oxygen atoms in total. The Bertz CT molecular complexity index is 1670. The summed E-state index contributed by atoms with van der Waals surface area (Å²) in [6.07, 6.45) is 0. The van der Waals surface area contributed by atoms with Crippen LogP contribution in [0.2, 0.25) is 5.02 Å². The van der Waals surface area contributed by atoms with Gasteiger partial charge in [-0.2, -0.15) is 0 Å². The molecule has 2 aromatic heterocycles. The van der Waals surface area contributed by atoms with Crippen molar-refractivity contribution in [2.75, 3.05) is 5.32 Å². The number of anilines is 1. The molecule has 170 valence electrons. The van der Waals surface area contributed by atoms with Crippen molar-refractivity contribution in [1.82, 2.24) is 10.2 Å². The summed E-state index contributed by atoms with van der Waals surface area (Å²) in [5.74, 6) is 0. The number of rotatable bonds is 5. The second-order valence-electron chi connectivity index (χ2n) is 8.51. The molecule has 0 amide bonds. The molecule has 4 aromatic carbocycles. The van der Waals surface area contributed by atoms with Crippen LogP contribution in [0.1, 0.15) is 10.4 Å². The minimum Gasteiger partial charge on any atom is -0.380 e. The average molecular weight is 492 g/mol. The number of thiophene rings is 1. The number of aryl methyl sites for hydroxylation is 1. The monoisotopic (exact) mass is 491 g/mol. The van der Waals surface area contributed by atoms with Crippen LogP contribution in [0.15, 0.2) is 97.1 Å². The van der Waals surface area contributed by atoms with Crippen molar-refractivity contribution in [3.63, 3.8) is 0 Å². The first-order valence-electron chi connectivity index (χ1n) is 11.5. The Hall–Kier alpha value is -3.73. The maximum absolute atomic E-state index is 6.50. The fourth-order valence-electron chi connectivity index (χ4n) is 4.55. The highest BCUT2D eigenvalue weighted by atomic mass is 35.5. The summed E-state index contributed by atoms with van der Waals surface area (Å²) in [5, 5.41) is 15.7. The van der Waals surface area contributed by atoms with E-state index in [0.29, 0.717) is 10.5 Å². The molecule has 0 spiro atoms. The fraction of sp³-hybridized carbons (Fsp3) is 0.0667. The lowest BCUT2D eigenvalue weighted by molar-refractivity contribution is 1.08. The molecule has 1 N–H and O–H groups in total.